The highest BCUT2D eigenvalue weighted by molar-refractivity contribution is 7.84. The van der Waals surface area contributed by atoms with Crippen molar-refractivity contribution in [3.05, 3.63) is 24.3 Å². The highest BCUT2D eigenvalue weighted by Crippen LogP contribution is 2.36. The van der Waals surface area contributed by atoms with Crippen molar-refractivity contribution in [1.29, 1.82) is 0 Å². The van der Waals surface area contributed by atoms with Crippen LogP contribution in [0.4, 0.5) is 0 Å². The minimum Gasteiger partial charge on any atom is -0.360 e. The average Bonchev–Trinajstić information content (AvgIpc) is 2.96. The highest BCUT2D eigenvalue weighted by Gasteiger charge is 2.22. The number of allylic oxidation sites excluding steroid dienone is 4. The fourth-order valence-corrected chi connectivity index (χ4v) is 6.06. The van der Waals surface area contributed by atoms with Crippen molar-refractivity contribution in [2.45, 2.75) is 194 Å². The molecule has 40 heavy (non-hydrogen) atoms. The number of unbranched alkanes of at least 4 members (excludes halogenated alkanes) is 22. The molecule has 0 spiro atoms. The van der Waals surface area contributed by atoms with E-state index in [1.807, 2.05) is 0 Å². The number of hydrogen-bond acceptors (Lipinski definition) is 3. The van der Waals surface area contributed by atoms with Gasteiger partial charge in [-0.2, -0.15) is 0 Å². The van der Waals surface area contributed by atoms with Crippen molar-refractivity contribution in [3.63, 3.8) is 0 Å². The maximum atomic E-state index is 12.2. The van der Waals surface area contributed by atoms with Crippen molar-refractivity contribution >= 4 is 19.2 Å². The van der Waals surface area contributed by atoms with Gasteiger partial charge in [-0.3, -0.25) is 9.59 Å². The van der Waals surface area contributed by atoms with E-state index in [1.54, 1.807) is 0 Å². The zero-order valence-corrected chi connectivity index (χ0v) is 27.7. The standard InChI is InChI=1S/C36H67O3P/c1-3-5-7-9-11-13-15-17-19-21-23-25-27-29-31-33-35(37)40(39)36(38)34-32-30-28-26-24-22-20-18-16-14-12-10-8-6-4-2/h17-20,39H,3-16,21-34H2,1-2H3. The highest BCUT2D eigenvalue weighted by atomic mass is 31.1. The zero-order valence-electron chi connectivity index (χ0n) is 26.8. The van der Waals surface area contributed by atoms with Crippen molar-refractivity contribution in [2.75, 3.05) is 0 Å². The third kappa shape index (κ3) is 28.7. The van der Waals surface area contributed by atoms with E-state index in [1.165, 1.54) is 116 Å². The second-order valence-electron chi connectivity index (χ2n) is 11.8. The Balaban J connectivity index is 3.51. The minimum atomic E-state index is -2.08. The lowest BCUT2D eigenvalue weighted by Crippen LogP contribution is -2.04. The van der Waals surface area contributed by atoms with Crippen LogP contribution in [0.3, 0.4) is 0 Å². The van der Waals surface area contributed by atoms with Crippen molar-refractivity contribution in [2.24, 2.45) is 0 Å². The summed E-state index contributed by atoms with van der Waals surface area (Å²) in [6.07, 6.45) is 41.8. The zero-order chi connectivity index (χ0) is 29.4. The first-order chi connectivity index (χ1) is 19.6. The summed E-state index contributed by atoms with van der Waals surface area (Å²) in [4.78, 5) is 34.6. The van der Waals surface area contributed by atoms with Crippen LogP contribution in [0.2, 0.25) is 0 Å². The molecule has 0 aliphatic heterocycles. The maximum absolute atomic E-state index is 12.2. The summed E-state index contributed by atoms with van der Waals surface area (Å²) < 4.78 is 0. The molecule has 0 atom stereocenters. The molecule has 0 rings (SSSR count). The van der Waals surface area contributed by atoms with Gasteiger partial charge in [0.1, 0.15) is 0 Å². The lowest BCUT2D eigenvalue weighted by Gasteiger charge is -2.08. The molecule has 0 fully saturated rings. The fourth-order valence-electron chi connectivity index (χ4n) is 5.04. The third-order valence-electron chi connectivity index (χ3n) is 7.78. The largest absolute Gasteiger partial charge is 0.360 e. The Labute approximate surface area is 251 Å². The summed E-state index contributed by atoms with van der Waals surface area (Å²) in [5, 5.41) is 0. The Morgan fingerprint density at radius 1 is 0.425 bits per heavy atom. The molecule has 0 aromatic heterocycles. The first-order valence-corrected chi connectivity index (χ1v) is 18.8. The molecule has 0 unspecified atom stereocenters. The van der Waals surface area contributed by atoms with Gasteiger partial charge >= 0.3 is 0 Å². The van der Waals surface area contributed by atoms with Crippen LogP contribution in [0, 0.1) is 0 Å². The van der Waals surface area contributed by atoms with Crippen molar-refractivity contribution in [1.82, 2.24) is 0 Å². The Morgan fingerprint density at radius 2 is 0.675 bits per heavy atom. The molecule has 4 heteroatoms. The molecule has 234 valence electrons. The molecule has 0 bridgehead atoms. The quantitative estimate of drug-likeness (QED) is 0.0490. The smallest absolute Gasteiger partial charge is 0.189 e. The van der Waals surface area contributed by atoms with Gasteiger partial charge in [-0.1, -0.05) is 141 Å². The summed E-state index contributed by atoms with van der Waals surface area (Å²) in [6.45, 7) is 4.52. The van der Waals surface area contributed by atoms with E-state index >= 15 is 0 Å². The van der Waals surface area contributed by atoms with Crippen LogP contribution < -0.4 is 0 Å². The van der Waals surface area contributed by atoms with E-state index in [4.69, 9.17) is 0 Å². The third-order valence-corrected chi connectivity index (χ3v) is 9.17. The number of carbonyl (C=O) groups is 2. The molecule has 0 radical (unpaired) electrons. The molecular weight excluding hydrogens is 511 g/mol. The van der Waals surface area contributed by atoms with Crippen molar-refractivity contribution < 1.29 is 14.5 Å². The van der Waals surface area contributed by atoms with Crippen LogP contribution >= 0.6 is 8.15 Å². The number of rotatable bonds is 32. The molecule has 0 heterocycles. The molecule has 3 nitrogen and oxygen atoms in total. The van der Waals surface area contributed by atoms with E-state index < -0.39 is 8.15 Å². The number of carbonyl (C=O) groups excluding carboxylic acids is 2. The average molecular weight is 579 g/mol. The lowest BCUT2D eigenvalue weighted by atomic mass is 10.1. The van der Waals surface area contributed by atoms with Gasteiger partial charge in [0.2, 0.25) is 0 Å². The van der Waals surface area contributed by atoms with Gasteiger partial charge in [-0.05, 0) is 64.2 Å². The first kappa shape index (κ1) is 39.2. The Kier molecular flexibility index (Phi) is 32.1. The monoisotopic (exact) mass is 578 g/mol. The summed E-state index contributed by atoms with van der Waals surface area (Å²) in [5.74, 6) is 0. The van der Waals surface area contributed by atoms with Crippen LogP contribution in [-0.4, -0.2) is 15.9 Å². The van der Waals surface area contributed by atoms with Crippen LogP contribution in [0.1, 0.15) is 194 Å². The van der Waals surface area contributed by atoms with E-state index in [0.29, 0.717) is 12.8 Å². The molecule has 0 aliphatic carbocycles. The summed E-state index contributed by atoms with van der Waals surface area (Å²) in [5.41, 5.74) is -0.434. The molecule has 0 amide bonds. The fraction of sp³-hybridized carbons (Fsp3) is 0.833. The first-order valence-electron chi connectivity index (χ1n) is 17.5. The van der Waals surface area contributed by atoms with Gasteiger partial charge in [0, 0.05) is 12.8 Å². The molecule has 0 aliphatic rings. The Hall–Kier alpha value is -0.790. The van der Waals surface area contributed by atoms with E-state index in [-0.39, 0.29) is 11.0 Å². The number of hydrogen-bond donors (Lipinski definition) is 1. The molecule has 0 aromatic rings. The minimum absolute atomic E-state index is 0.217. The van der Waals surface area contributed by atoms with Gasteiger partial charge in [-0.15, -0.1) is 0 Å². The topological polar surface area (TPSA) is 54.4 Å². The SMILES string of the molecule is CCCCCCCCC=CCCCCCCCC(=O)P(O)C(=O)CCCCCCCC=CCCCCCCCC. The second kappa shape index (κ2) is 32.7. The molecule has 0 aromatic carbocycles. The van der Waals surface area contributed by atoms with Crippen molar-refractivity contribution in [3.8, 4) is 0 Å². The van der Waals surface area contributed by atoms with Gasteiger partial charge < -0.3 is 4.89 Å². The Bertz CT molecular complexity index is 561. The predicted molar refractivity (Wildman–Crippen MR) is 178 cm³/mol. The van der Waals surface area contributed by atoms with E-state index in [2.05, 4.69) is 38.2 Å². The van der Waals surface area contributed by atoms with Gasteiger partial charge in [0.15, 0.2) is 19.2 Å². The Morgan fingerprint density at radius 3 is 0.975 bits per heavy atom. The van der Waals surface area contributed by atoms with Gasteiger partial charge in [0.25, 0.3) is 0 Å². The summed E-state index contributed by atoms with van der Waals surface area (Å²) in [6, 6.07) is 0. The van der Waals surface area contributed by atoms with Crippen LogP contribution in [0.15, 0.2) is 24.3 Å². The van der Waals surface area contributed by atoms with E-state index in [0.717, 1.165) is 51.4 Å². The van der Waals surface area contributed by atoms with Crippen LogP contribution in [0.25, 0.3) is 0 Å². The maximum Gasteiger partial charge on any atom is 0.189 e. The lowest BCUT2D eigenvalue weighted by molar-refractivity contribution is -0.115. The van der Waals surface area contributed by atoms with E-state index in [9.17, 15) is 14.5 Å². The molecule has 0 saturated carbocycles. The van der Waals surface area contributed by atoms with Crippen LogP contribution in [-0.2, 0) is 9.59 Å². The predicted octanol–water partition coefficient (Wildman–Crippen LogP) is 12.5. The molecule has 0 saturated heterocycles. The molecule has 1 N–H and O–H groups in total. The van der Waals surface area contributed by atoms with Crippen LogP contribution in [0.5, 0.6) is 0 Å². The molecular formula is C36H67O3P. The normalized spacial score (nSPS) is 12.6. The summed E-state index contributed by atoms with van der Waals surface area (Å²) >= 11 is 0. The van der Waals surface area contributed by atoms with Gasteiger partial charge in [-0.25, -0.2) is 0 Å². The summed E-state index contributed by atoms with van der Waals surface area (Å²) in [7, 11) is -2.08. The van der Waals surface area contributed by atoms with Gasteiger partial charge in [0.05, 0.1) is 0 Å². The second-order valence-corrected chi connectivity index (χ2v) is 13.4.